The Morgan fingerprint density at radius 2 is 1.34 bits per heavy atom. The van der Waals surface area contributed by atoms with Crippen LogP contribution in [0.2, 0.25) is 0 Å². The SMILES string of the molecule is CCC(=CC1=[N+](CCCS(=O)(=O)[O-])C2CC(C3CCCCC3)CCC2O1)C=C1OC2CCC(C3CCCCC3)CC2N1CCCS(=O)(=O)[O-].[Na+]. The quantitative estimate of drug-likeness (QED) is 0.158. The van der Waals surface area contributed by atoms with Crippen molar-refractivity contribution in [2.45, 2.75) is 153 Å². The molecule has 0 N–H and O–H groups in total. The van der Waals surface area contributed by atoms with Gasteiger partial charge < -0.3 is 23.5 Å². The third-order valence-corrected chi connectivity index (χ3v) is 14.3. The number of fused-ring (bicyclic) bond motifs is 2. The van der Waals surface area contributed by atoms with Gasteiger partial charge in [-0.25, -0.2) is 16.8 Å². The molecule has 0 aromatic rings. The molecule has 6 rings (SSSR count). The average Bonchev–Trinajstić information content (AvgIpc) is 3.60. The van der Waals surface area contributed by atoms with Gasteiger partial charge in [0.1, 0.15) is 12.6 Å². The van der Waals surface area contributed by atoms with Crippen LogP contribution in [0.15, 0.2) is 23.6 Å². The molecular weight excluding hydrogens is 688 g/mol. The van der Waals surface area contributed by atoms with Gasteiger partial charge in [0.2, 0.25) is 0 Å². The van der Waals surface area contributed by atoms with Gasteiger partial charge in [0.25, 0.3) is 0 Å². The fourth-order valence-corrected chi connectivity index (χ4v) is 11.2. The molecule has 5 fully saturated rings. The maximum absolute atomic E-state index is 11.5. The molecule has 0 radical (unpaired) electrons. The van der Waals surface area contributed by atoms with Gasteiger partial charge in [-0.05, 0) is 74.2 Å². The Kier molecular flexibility index (Phi) is 14.7. The third-order valence-electron chi connectivity index (χ3n) is 12.7. The summed E-state index contributed by atoms with van der Waals surface area (Å²) >= 11 is 0. The van der Waals surface area contributed by atoms with E-state index >= 15 is 0 Å². The van der Waals surface area contributed by atoms with Crippen LogP contribution in [-0.2, 0) is 29.7 Å². The summed E-state index contributed by atoms with van der Waals surface area (Å²) in [6.45, 7) is 3.01. The number of hydrogen-bond donors (Lipinski definition) is 0. The van der Waals surface area contributed by atoms with E-state index in [9.17, 15) is 25.9 Å². The van der Waals surface area contributed by atoms with Crippen LogP contribution in [-0.4, -0.2) is 90.2 Å². The minimum Gasteiger partial charge on any atom is -0.748 e. The Bertz CT molecular complexity index is 1450. The van der Waals surface area contributed by atoms with E-state index in [1.807, 2.05) is 0 Å². The first-order valence-electron chi connectivity index (χ1n) is 19.5. The van der Waals surface area contributed by atoms with Gasteiger partial charge in [0, 0.05) is 37.0 Å². The molecule has 278 valence electrons. The normalized spacial score (nSPS) is 32.3. The van der Waals surface area contributed by atoms with Gasteiger partial charge >= 0.3 is 35.5 Å². The summed E-state index contributed by atoms with van der Waals surface area (Å²) in [4.78, 5) is 2.24. The molecule has 6 atom stereocenters. The number of allylic oxidation sites excluding steroid dienone is 2. The van der Waals surface area contributed by atoms with Crippen LogP contribution in [0, 0.1) is 23.7 Å². The molecule has 6 unspecified atom stereocenters. The monoisotopic (exact) mass is 746 g/mol. The Labute approximate surface area is 323 Å². The van der Waals surface area contributed by atoms with Gasteiger partial charge in [-0.3, -0.25) is 0 Å². The molecular formula is C37H59N2NaO8S2. The summed E-state index contributed by atoms with van der Waals surface area (Å²) in [6.07, 6.45) is 24.9. The molecule has 1 saturated heterocycles. The second-order valence-corrected chi connectivity index (χ2v) is 18.9. The van der Waals surface area contributed by atoms with Crippen molar-refractivity contribution in [1.82, 2.24) is 4.90 Å². The zero-order chi connectivity index (χ0) is 34.6. The van der Waals surface area contributed by atoms with Crippen LogP contribution in [0.1, 0.15) is 129 Å². The van der Waals surface area contributed by atoms with Crippen molar-refractivity contribution >= 4 is 26.1 Å². The smallest absolute Gasteiger partial charge is 0.748 e. The van der Waals surface area contributed by atoms with Gasteiger partial charge in [0.15, 0.2) is 18.0 Å². The fourth-order valence-electron chi connectivity index (χ4n) is 10.2. The first-order valence-corrected chi connectivity index (χ1v) is 22.7. The first-order chi connectivity index (χ1) is 23.5. The van der Waals surface area contributed by atoms with Crippen LogP contribution in [0.5, 0.6) is 0 Å². The molecule has 0 aromatic carbocycles. The van der Waals surface area contributed by atoms with Crippen molar-refractivity contribution in [2.75, 3.05) is 24.6 Å². The molecule has 0 bridgehead atoms. The van der Waals surface area contributed by atoms with Crippen LogP contribution < -0.4 is 29.6 Å². The van der Waals surface area contributed by atoms with Gasteiger partial charge in [-0.2, -0.15) is 4.58 Å². The minimum atomic E-state index is -4.31. The standard InChI is InChI=1S/C37H60N2O8S2.Na/c1-2-27(23-36-38(19-9-21-48(40,41)42)32-25-30(15-17-34(32)46-36)28-11-5-3-6-12-28)24-37-39(20-10-22-49(43,44)45)33-26-31(16-18-35(33)47-37)29-13-7-4-8-14-29;/h23-24,28-35H,2-22,25-26H2,1H3,(H-,40,41,42,43,44,45);/q;+1/p-1. The van der Waals surface area contributed by atoms with Gasteiger partial charge in [-0.15, -0.1) is 0 Å². The molecule has 4 aliphatic carbocycles. The van der Waals surface area contributed by atoms with E-state index in [4.69, 9.17) is 9.47 Å². The van der Waals surface area contributed by atoms with Crippen LogP contribution >= 0.6 is 0 Å². The van der Waals surface area contributed by atoms with Crippen LogP contribution in [0.25, 0.3) is 0 Å². The predicted octanol–water partition coefficient (Wildman–Crippen LogP) is 3.05. The molecule has 4 saturated carbocycles. The van der Waals surface area contributed by atoms with E-state index < -0.39 is 20.2 Å². The molecule has 13 heteroatoms. The summed E-state index contributed by atoms with van der Waals surface area (Å²) in [6, 6.07) is 0.333. The largest absolute Gasteiger partial charge is 1.00 e. The van der Waals surface area contributed by atoms with E-state index in [2.05, 4.69) is 28.6 Å². The van der Waals surface area contributed by atoms with Crippen molar-refractivity contribution in [3.63, 3.8) is 0 Å². The number of hydrogen-bond acceptors (Lipinski definition) is 9. The topological polar surface area (TPSA) is 139 Å². The van der Waals surface area contributed by atoms with E-state index in [1.54, 1.807) is 0 Å². The molecule has 2 aliphatic heterocycles. The second-order valence-electron chi connectivity index (χ2n) is 15.9. The summed E-state index contributed by atoms with van der Waals surface area (Å²) in [7, 11) is -8.62. The van der Waals surface area contributed by atoms with Gasteiger partial charge in [-0.1, -0.05) is 71.1 Å². The van der Waals surface area contributed by atoms with Crippen LogP contribution in [0.3, 0.4) is 0 Å². The molecule has 2 heterocycles. The molecule has 10 nitrogen and oxygen atoms in total. The minimum absolute atomic E-state index is 0. The van der Waals surface area contributed by atoms with E-state index in [0.29, 0.717) is 31.3 Å². The Morgan fingerprint density at radius 1 is 0.760 bits per heavy atom. The van der Waals surface area contributed by atoms with Crippen molar-refractivity contribution in [1.29, 1.82) is 0 Å². The number of nitrogens with zero attached hydrogens (tertiary/aromatic N) is 2. The summed E-state index contributed by atoms with van der Waals surface area (Å²) in [5, 5.41) is 0. The third kappa shape index (κ3) is 10.7. The van der Waals surface area contributed by atoms with Crippen molar-refractivity contribution < 1.29 is 69.5 Å². The summed E-state index contributed by atoms with van der Waals surface area (Å²) < 4.78 is 84.7. The Hall–Kier alpha value is -0.630. The molecule has 6 aliphatic rings. The van der Waals surface area contributed by atoms with Gasteiger partial charge in [0.05, 0.1) is 32.4 Å². The van der Waals surface area contributed by atoms with Crippen molar-refractivity contribution in [3.05, 3.63) is 23.6 Å². The van der Waals surface area contributed by atoms with E-state index in [1.165, 1.54) is 64.2 Å². The maximum atomic E-state index is 11.5. The molecule has 0 amide bonds. The predicted molar refractivity (Wildman–Crippen MR) is 187 cm³/mol. The molecule has 50 heavy (non-hydrogen) atoms. The Balaban J connectivity index is 0.00000486. The summed E-state index contributed by atoms with van der Waals surface area (Å²) in [5.41, 5.74) is 1.01. The fraction of sp³-hybridized carbons (Fsp3) is 0.865. The van der Waals surface area contributed by atoms with Crippen molar-refractivity contribution in [3.8, 4) is 0 Å². The molecule has 0 spiro atoms. The average molecular weight is 747 g/mol. The van der Waals surface area contributed by atoms with E-state index in [-0.39, 0.29) is 78.2 Å². The van der Waals surface area contributed by atoms with Crippen LogP contribution in [0.4, 0.5) is 0 Å². The number of ether oxygens (including phenoxy) is 2. The zero-order valence-corrected chi connectivity index (χ0v) is 34.1. The van der Waals surface area contributed by atoms with E-state index in [0.717, 1.165) is 67.7 Å². The Morgan fingerprint density at radius 3 is 1.94 bits per heavy atom. The first kappa shape index (κ1) is 40.6. The van der Waals surface area contributed by atoms with Crippen molar-refractivity contribution in [2.24, 2.45) is 23.7 Å². The molecule has 0 aromatic heterocycles. The number of rotatable bonds is 13. The summed E-state index contributed by atoms with van der Waals surface area (Å²) in [5.74, 6) is 3.50. The zero-order valence-electron chi connectivity index (χ0n) is 30.5. The maximum Gasteiger partial charge on any atom is 1.00 e. The second kappa shape index (κ2) is 18.1.